The number of anilines is 1. The summed E-state index contributed by atoms with van der Waals surface area (Å²) in [6.45, 7) is 1.20. The molecule has 1 aromatic rings. The van der Waals surface area contributed by atoms with E-state index in [1.165, 1.54) is 20.3 Å². The smallest absolute Gasteiger partial charge is 0.340 e. The molecule has 1 rings (SSSR count). The van der Waals surface area contributed by atoms with Crippen molar-refractivity contribution in [2.75, 3.05) is 46.3 Å². The number of hydrogen-bond donors (Lipinski definition) is 2. The van der Waals surface area contributed by atoms with Crippen LogP contribution < -0.4 is 15.4 Å². The van der Waals surface area contributed by atoms with Crippen LogP contribution in [0.4, 0.5) is 5.69 Å². The van der Waals surface area contributed by atoms with Crippen LogP contribution in [0.25, 0.3) is 0 Å². The number of carbonyl (C=O) groups is 2. The Balaban J connectivity index is 0.00000441. The Morgan fingerprint density at radius 2 is 1.91 bits per heavy atom. The van der Waals surface area contributed by atoms with Gasteiger partial charge in [0, 0.05) is 13.7 Å². The maximum Gasteiger partial charge on any atom is 0.340 e. The Morgan fingerprint density at radius 3 is 2.50 bits per heavy atom. The summed E-state index contributed by atoms with van der Waals surface area (Å²) >= 11 is 0. The van der Waals surface area contributed by atoms with E-state index in [1.54, 1.807) is 19.2 Å². The van der Waals surface area contributed by atoms with Crippen LogP contribution in [0.1, 0.15) is 10.4 Å². The van der Waals surface area contributed by atoms with Gasteiger partial charge in [0.1, 0.15) is 5.75 Å². The van der Waals surface area contributed by atoms with E-state index in [0.29, 0.717) is 24.6 Å². The fourth-order valence-corrected chi connectivity index (χ4v) is 1.61. The molecule has 0 saturated heterocycles. The molecule has 0 atom stereocenters. The summed E-state index contributed by atoms with van der Waals surface area (Å²) in [5, 5.41) is 5.57. The number of halogens is 1. The van der Waals surface area contributed by atoms with Crippen LogP contribution in [0, 0.1) is 0 Å². The van der Waals surface area contributed by atoms with Gasteiger partial charge >= 0.3 is 5.97 Å². The van der Waals surface area contributed by atoms with Crippen molar-refractivity contribution in [2.45, 2.75) is 0 Å². The predicted octanol–water partition coefficient (Wildman–Crippen LogP) is 1.08. The molecule has 22 heavy (non-hydrogen) atoms. The van der Waals surface area contributed by atoms with Crippen molar-refractivity contribution in [3.05, 3.63) is 23.8 Å². The van der Waals surface area contributed by atoms with Gasteiger partial charge in [-0.25, -0.2) is 4.79 Å². The number of carbonyl (C=O) groups excluding carboxylic acids is 2. The molecule has 2 N–H and O–H groups in total. The number of nitrogens with one attached hydrogen (secondary N) is 2. The summed E-state index contributed by atoms with van der Waals surface area (Å²) in [6, 6.07) is 4.76. The zero-order valence-electron chi connectivity index (χ0n) is 12.8. The van der Waals surface area contributed by atoms with Gasteiger partial charge in [0.15, 0.2) is 0 Å². The molecule has 0 bridgehead atoms. The molecule has 0 aromatic heterocycles. The minimum Gasteiger partial charge on any atom is -0.497 e. The van der Waals surface area contributed by atoms with E-state index in [-0.39, 0.29) is 30.4 Å². The third kappa shape index (κ3) is 6.30. The molecule has 1 amide bonds. The van der Waals surface area contributed by atoms with Gasteiger partial charge in [-0.05, 0) is 18.2 Å². The van der Waals surface area contributed by atoms with Gasteiger partial charge in [-0.2, -0.15) is 0 Å². The normalized spacial score (nSPS) is 9.59. The van der Waals surface area contributed by atoms with Crippen LogP contribution >= 0.6 is 12.4 Å². The van der Waals surface area contributed by atoms with Crippen LogP contribution in [0.3, 0.4) is 0 Å². The van der Waals surface area contributed by atoms with Gasteiger partial charge in [0.2, 0.25) is 5.91 Å². The number of rotatable bonds is 8. The first-order valence-corrected chi connectivity index (χ1v) is 6.38. The molecule has 8 heteroatoms. The van der Waals surface area contributed by atoms with E-state index in [0.717, 1.165) is 0 Å². The largest absolute Gasteiger partial charge is 0.497 e. The molecule has 1 aromatic carbocycles. The van der Waals surface area contributed by atoms with Gasteiger partial charge < -0.3 is 24.8 Å². The van der Waals surface area contributed by atoms with E-state index >= 15 is 0 Å². The molecule has 124 valence electrons. The lowest BCUT2D eigenvalue weighted by Gasteiger charge is -2.11. The van der Waals surface area contributed by atoms with Crippen molar-refractivity contribution < 1.29 is 23.8 Å². The van der Waals surface area contributed by atoms with Gasteiger partial charge in [-0.1, -0.05) is 0 Å². The number of hydrogen-bond acceptors (Lipinski definition) is 6. The highest BCUT2D eigenvalue weighted by atomic mass is 35.5. The Morgan fingerprint density at radius 1 is 1.18 bits per heavy atom. The van der Waals surface area contributed by atoms with E-state index in [4.69, 9.17) is 14.2 Å². The average molecular weight is 333 g/mol. The van der Waals surface area contributed by atoms with Gasteiger partial charge in [-0.15, -0.1) is 12.4 Å². The van der Waals surface area contributed by atoms with E-state index in [1.807, 2.05) is 0 Å². The molecule has 0 fully saturated rings. The van der Waals surface area contributed by atoms with Crippen LogP contribution in [-0.4, -0.2) is 52.9 Å². The highest BCUT2D eigenvalue weighted by molar-refractivity contribution is 6.02. The van der Waals surface area contributed by atoms with Crippen molar-refractivity contribution in [3.63, 3.8) is 0 Å². The minimum atomic E-state index is -0.545. The molecule has 7 nitrogen and oxygen atoms in total. The lowest BCUT2D eigenvalue weighted by atomic mass is 10.1. The van der Waals surface area contributed by atoms with Crippen LogP contribution in [0.2, 0.25) is 0 Å². The summed E-state index contributed by atoms with van der Waals surface area (Å²) in [4.78, 5) is 23.5. The maximum absolute atomic E-state index is 11.8. The minimum absolute atomic E-state index is 0. The zero-order chi connectivity index (χ0) is 15.7. The molecule has 0 saturated carbocycles. The average Bonchev–Trinajstić information content (AvgIpc) is 2.51. The number of benzene rings is 1. The second-order valence-electron chi connectivity index (χ2n) is 4.12. The van der Waals surface area contributed by atoms with Gasteiger partial charge in [-0.3, -0.25) is 4.79 Å². The quantitative estimate of drug-likeness (QED) is 0.547. The number of ether oxygens (including phenoxy) is 3. The molecule has 0 aliphatic heterocycles. The maximum atomic E-state index is 11.8. The monoisotopic (exact) mass is 332 g/mol. The van der Waals surface area contributed by atoms with Crippen molar-refractivity contribution in [1.29, 1.82) is 0 Å². The van der Waals surface area contributed by atoms with E-state index in [2.05, 4.69) is 10.6 Å². The van der Waals surface area contributed by atoms with Crippen molar-refractivity contribution in [1.82, 2.24) is 5.32 Å². The summed E-state index contributed by atoms with van der Waals surface area (Å²) < 4.78 is 14.6. The highest BCUT2D eigenvalue weighted by Gasteiger charge is 2.15. The fraction of sp³-hybridized carbons (Fsp3) is 0.429. The molecule has 0 unspecified atom stereocenters. The van der Waals surface area contributed by atoms with E-state index in [9.17, 15) is 9.59 Å². The zero-order valence-corrected chi connectivity index (χ0v) is 13.6. The van der Waals surface area contributed by atoms with E-state index < -0.39 is 5.97 Å². The fourth-order valence-electron chi connectivity index (χ4n) is 1.61. The molecule has 0 aliphatic carbocycles. The summed E-state index contributed by atoms with van der Waals surface area (Å²) in [5.74, 6) is -0.301. The standard InChI is InChI=1S/C14H20N2O5.ClH/c1-19-7-6-15-9-13(17)16-12-5-4-10(20-2)8-11(12)14(18)21-3;/h4-5,8,15H,6-7,9H2,1-3H3,(H,16,17);1H. The van der Waals surface area contributed by atoms with Crippen molar-refractivity contribution in [3.8, 4) is 5.75 Å². The summed E-state index contributed by atoms with van der Waals surface area (Å²) in [5.41, 5.74) is 0.614. The van der Waals surface area contributed by atoms with Crippen molar-refractivity contribution in [2.24, 2.45) is 0 Å². The topological polar surface area (TPSA) is 85.9 Å². The van der Waals surface area contributed by atoms with Crippen LogP contribution in [0.5, 0.6) is 5.75 Å². The third-order valence-electron chi connectivity index (χ3n) is 2.67. The number of methoxy groups -OCH3 is 3. The van der Waals surface area contributed by atoms with Crippen LogP contribution in [-0.2, 0) is 14.3 Å². The van der Waals surface area contributed by atoms with Crippen molar-refractivity contribution >= 4 is 30.0 Å². The molecule has 0 heterocycles. The summed E-state index contributed by atoms with van der Waals surface area (Å²) in [6.07, 6.45) is 0. The first-order chi connectivity index (χ1) is 10.1. The van der Waals surface area contributed by atoms with Gasteiger partial charge in [0.05, 0.1) is 38.6 Å². The Hall–Kier alpha value is -1.83. The first kappa shape index (κ1) is 20.2. The molecule has 0 spiro atoms. The Kier molecular flexibility index (Phi) is 9.93. The summed E-state index contributed by atoms with van der Waals surface area (Å²) in [7, 11) is 4.36. The number of amides is 1. The lowest BCUT2D eigenvalue weighted by Crippen LogP contribution is -2.30. The molecule has 0 radical (unpaired) electrons. The predicted molar refractivity (Wildman–Crippen MR) is 85.0 cm³/mol. The second kappa shape index (κ2) is 10.8. The Bertz CT molecular complexity index is 496. The third-order valence-corrected chi connectivity index (χ3v) is 2.67. The number of esters is 1. The molecular weight excluding hydrogens is 312 g/mol. The highest BCUT2D eigenvalue weighted by Crippen LogP contribution is 2.22. The molecular formula is C14H21ClN2O5. The van der Waals surface area contributed by atoms with Gasteiger partial charge in [0.25, 0.3) is 0 Å². The second-order valence-corrected chi connectivity index (χ2v) is 4.12. The molecule has 0 aliphatic rings. The first-order valence-electron chi connectivity index (χ1n) is 6.38. The lowest BCUT2D eigenvalue weighted by molar-refractivity contribution is -0.115. The van der Waals surface area contributed by atoms with Crippen LogP contribution in [0.15, 0.2) is 18.2 Å². The Labute approximate surface area is 135 Å². The SMILES string of the molecule is COCCNCC(=O)Nc1ccc(OC)cc1C(=O)OC.Cl.